The van der Waals surface area contributed by atoms with Crippen molar-refractivity contribution in [2.45, 2.75) is 13.2 Å². The molecule has 1 aliphatic heterocycles. The molecule has 186 valence electrons. The van der Waals surface area contributed by atoms with Crippen LogP contribution in [0.15, 0.2) is 70.3 Å². The number of ether oxygens (including phenoxy) is 1. The lowest BCUT2D eigenvalue weighted by Crippen LogP contribution is -2.49. The van der Waals surface area contributed by atoms with Crippen LogP contribution in [0, 0.1) is 0 Å². The zero-order valence-electron chi connectivity index (χ0n) is 20.1. The Hall–Kier alpha value is -4.18. The third-order valence-corrected chi connectivity index (χ3v) is 6.42. The molecule has 0 bridgehead atoms. The van der Waals surface area contributed by atoms with Crippen molar-refractivity contribution in [1.82, 2.24) is 24.0 Å². The topological polar surface area (TPSA) is 105 Å². The molecule has 3 heterocycles. The fraction of sp³-hybridized carbons (Fsp3) is 0.308. The van der Waals surface area contributed by atoms with Crippen molar-refractivity contribution < 1.29 is 9.53 Å². The highest BCUT2D eigenvalue weighted by Gasteiger charge is 2.26. The predicted molar refractivity (Wildman–Crippen MR) is 136 cm³/mol. The number of fused-ring (bicyclic) bond motifs is 1. The molecule has 0 atom stereocenters. The quantitative estimate of drug-likeness (QED) is 0.392. The second-order valence-corrected chi connectivity index (χ2v) is 8.88. The smallest absolute Gasteiger partial charge is 0.329 e. The Bertz CT molecular complexity index is 1470. The number of H-pyrrole nitrogens is 1. The summed E-state index contributed by atoms with van der Waals surface area (Å²) >= 11 is 0. The minimum absolute atomic E-state index is 0.218. The van der Waals surface area contributed by atoms with Crippen LogP contribution in [0.2, 0.25) is 0 Å². The zero-order chi connectivity index (χ0) is 25.1. The van der Waals surface area contributed by atoms with E-state index in [1.165, 1.54) is 4.57 Å². The molecule has 0 saturated carbocycles. The molecule has 10 heteroatoms. The van der Waals surface area contributed by atoms with Crippen molar-refractivity contribution in [3.05, 3.63) is 92.6 Å². The molecular weight excluding hydrogens is 460 g/mol. The normalized spacial score (nSPS) is 14.3. The molecule has 1 fully saturated rings. The fourth-order valence-corrected chi connectivity index (χ4v) is 4.45. The summed E-state index contributed by atoms with van der Waals surface area (Å²) in [5.74, 6) is 0.372. The second kappa shape index (κ2) is 10.2. The Balaban J connectivity index is 1.32. The van der Waals surface area contributed by atoms with Gasteiger partial charge >= 0.3 is 11.7 Å². The number of aromatic nitrogens is 4. The molecule has 4 aromatic rings. The van der Waals surface area contributed by atoms with Gasteiger partial charge in [-0.25, -0.2) is 4.79 Å². The molecule has 0 aliphatic carbocycles. The van der Waals surface area contributed by atoms with Gasteiger partial charge in [-0.2, -0.15) is 4.98 Å². The van der Waals surface area contributed by atoms with Gasteiger partial charge in [0.1, 0.15) is 6.61 Å². The van der Waals surface area contributed by atoms with E-state index in [0.29, 0.717) is 49.8 Å². The van der Waals surface area contributed by atoms with Crippen molar-refractivity contribution in [2.75, 3.05) is 37.6 Å². The number of nitrogens with one attached hydrogen (secondary N) is 1. The molecule has 10 nitrogen and oxygen atoms in total. The van der Waals surface area contributed by atoms with E-state index in [0.717, 1.165) is 11.1 Å². The van der Waals surface area contributed by atoms with Crippen LogP contribution >= 0.6 is 0 Å². The first-order valence-electron chi connectivity index (χ1n) is 11.9. The van der Waals surface area contributed by atoms with Crippen LogP contribution in [-0.2, 0) is 29.7 Å². The second-order valence-electron chi connectivity index (χ2n) is 8.88. The third-order valence-electron chi connectivity index (χ3n) is 6.42. The first-order chi connectivity index (χ1) is 17.5. The van der Waals surface area contributed by atoms with Gasteiger partial charge in [-0.15, -0.1) is 0 Å². The number of hydrogen-bond acceptors (Lipinski definition) is 7. The maximum atomic E-state index is 12.8. The van der Waals surface area contributed by atoms with E-state index >= 15 is 0 Å². The van der Waals surface area contributed by atoms with Crippen molar-refractivity contribution in [3.8, 4) is 0 Å². The van der Waals surface area contributed by atoms with Crippen LogP contribution in [0.4, 0.5) is 5.95 Å². The lowest BCUT2D eigenvalue weighted by atomic mass is 10.2. The highest BCUT2D eigenvalue weighted by atomic mass is 16.5. The Labute approximate surface area is 207 Å². The lowest BCUT2D eigenvalue weighted by molar-refractivity contribution is -0.146. The van der Waals surface area contributed by atoms with Crippen molar-refractivity contribution >= 4 is 23.1 Å². The Morgan fingerprint density at radius 3 is 2.25 bits per heavy atom. The number of imidazole rings is 1. The maximum Gasteiger partial charge on any atom is 0.329 e. The number of aryl methyl sites for hydroxylation is 1. The van der Waals surface area contributed by atoms with Crippen LogP contribution < -0.4 is 16.1 Å². The van der Waals surface area contributed by atoms with E-state index < -0.39 is 11.2 Å². The molecule has 1 N–H and O–H groups in total. The van der Waals surface area contributed by atoms with Crippen molar-refractivity contribution in [3.63, 3.8) is 0 Å². The fourth-order valence-electron chi connectivity index (χ4n) is 4.45. The number of carbonyl (C=O) groups is 1. The van der Waals surface area contributed by atoms with E-state index in [4.69, 9.17) is 9.72 Å². The molecule has 0 radical (unpaired) electrons. The van der Waals surface area contributed by atoms with Crippen LogP contribution in [0.3, 0.4) is 0 Å². The summed E-state index contributed by atoms with van der Waals surface area (Å²) in [4.78, 5) is 48.6. The summed E-state index contributed by atoms with van der Waals surface area (Å²) in [6.45, 7) is 3.45. The average Bonchev–Trinajstić information content (AvgIpc) is 3.27. The SMILES string of the molecule is Cn1c(=O)[nH]c(=O)c2c1nc(N1CCN(CC(=O)OCc3ccccc3)CC1)n2Cc1ccccc1. The Kier molecular flexibility index (Phi) is 6.68. The minimum Gasteiger partial charge on any atom is -0.460 e. The molecular formula is C26H28N6O4. The number of aromatic amines is 1. The van der Waals surface area contributed by atoms with E-state index in [-0.39, 0.29) is 19.1 Å². The van der Waals surface area contributed by atoms with E-state index in [2.05, 4.69) is 14.8 Å². The zero-order valence-corrected chi connectivity index (χ0v) is 20.1. The molecule has 0 spiro atoms. The predicted octanol–water partition coefficient (Wildman–Crippen LogP) is 1.34. The van der Waals surface area contributed by atoms with Gasteiger partial charge in [0.15, 0.2) is 11.2 Å². The monoisotopic (exact) mass is 488 g/mol. The molecule has 2 aromatic heterocycles. The van der Waals surface area contributed by atoms with Gasteiger partial charge in [-0.3, -0.25) is 28.6 Å². The van der Waals surface area contributed by atoms with Crippen LogP contribution in [0.1, 0.15) is 11.1 Å². The molecule has 0 amide bonds. The first kappa shape index (κ1) is 23.6. The summed E-state index contributed by atoms with van der Waals surface area (Å²) in [6, 6.07) is 19.4. The Morgan fingerprint density at radius 2 is 1.58 bits per heavy atom. The van der Waals surface area contributed by atoms with E-state index in [1.807, 2.05) is 65.2 Å². The summed E-state index contributed by atoms with van der Waals surface area (Å²) in [7, 11) is 1.60. The summed E-state index contributed by atoms with van der Waals surface area (Å²) in [5, 5.41) is 0. The number of piperazine rings is 1. The third kappa shape index (κ3) is 4.94. The number of carbonyl (C=O) groups excluding carboxylic acids is 1. The van der Waals surface area contributed by atoms with Crippen LogP contribution in [-0.4, -0.2) is 62.7 Å². The molecule has 5 rings (SSSR count). The Morgan fingerprint density at radius 1 is 0.944 bits per heavy atom. The van der Waals surface area contributed by atoms with E-state index in [1.54, 1.807) is 7.05 Å². The molecule has 1 saturated heterocycles. The first-order valence-corrected chi connectivity index (χ1v) is 11.9. The number of nitrogens with zero attached hydrogens (tertiary/aromatic N) is 5. The number of hydrogen-bond donors (Lipinski definition) is 1. The van der Waals surface area contributed by atoms with E-state index in [9.17, 15) is 14.4 Å². The maximum absolute atomic E-state index is 12.8. The average molecular weight is 489 g/mol. The highest BCUT2D eigenvalue weighted by molar-refractivity contribution is 5.75. The number of anilines is 1. The summed E-state index contributed by atoms with van der Waals surface area (Å²) in [6.07, 6.45) is 0. The van der Waals surface area contributed by atoms with Gasteiger partial charge in [-0.05, 0) is 11.1 Å². The summed E-state index contributed by atoms with van der Waals surface area (Å²) in [5.41, 5.74) is 1.73. The number of benzene rings is 2. The molecule has 1 aliphatic rings. The molecule has 2 aromatic carbocycles. The van der Waals surface area contributed by atoms with Gasteiger partial charge < -0.3 is 9.64 Å². The largest absolute Gasteiger partial charge is 0.460 e. The number of rotatable bonds is 7. The minimum atomic E-state index is -0.498. The summed E-state index contributed by atoms with van der Waals surface area (Å²) < 4.78 is 8.65. The van der Waals surface area contributed by atoms with Gasteiger partial charge in [0, 0.05) is 33.2 Å². The van der Waals surface area contributed by atoms with Crippen molar-refractivity contribution in [1.29, 1.82) is 0 Å². The van der Waals surface area contributed by atoms with Crippen LogP contribution in [0.5, 0.6) is 0 Å². The van der Waals surface area contributed by atoms with Gasteiger partial charge in [0.25, 0.3) is 5.56 Å². The van der Waals surface area contributed by atoms with Gasteiger partial charge in [0.05, 0.1) is 13.1 Å². The lowest BCUT2D eigenvalue weighted by Gasteiger charge is -2.34. The van der Waals surface area contributed by atoms with Crippen LogP contribution in [0.25, 0.3) is 11.2 Å². The highest BCUT2D eigenvalue weighted by Crippen LogP contribution is 2.22. The molecule has 36 heavy (non-hydrogen) atoms. The van der Waals surface area contributed by atoms with Crippen molar-refractivity contribution in [2.24, 2.45) is 7.05 Å². The van der Waals surface area contributed by atoms with Gasteiger partial charge in [0.2, 0.25) is 5.95 Å². The molecule has 0 unspecified atom stereocenters. The van der Waals surface area contributed by atoms with Gasteiger partial charge in [-0.1, -0.05) is 60.7 Å². The standard InChI is InChI=1S/C26H28N6O4/c1-29-23-22(24(34)28-26(29)35)32(16-19-8-4-2-5-9-19)25(27-23)31-14-12-30(13-15-31)17-21(33)36-18-20-10-6-3-7-11-20/h2-11H,12-18H2,1H3,(H,28,34,35). The number of esters is 1.